The molecule has 156 valence electrons. The Balaban J connectivity index is 1.65. The van der Waals surface area contributed by atoms with Gasteiger partial charge in [-0.05, 0) is 37.5 Å². The Labute approximate surface area is 177 Å². The number of hydrogen-bond donors (Lipinski definition) is 0. The number of rotatable bonds is 7. The van der Waals surface area contributed by atoms with Crippen LogP contribution in [0.15, 0.2) is 48.7 Å². The van der Waals surface area contributed by atoms with E-state index in [-0.39, 0.29) is 5.91 Å². The van der Waals surface area contributed by atoms with Gasteiger partial charge >= 0.3 is 0 Å². The summed E-state index contributed by atoms with van der Waals surface area (Å²) >= 11 is 0. The Morgan fingerprint density at radius 3 is 2.57 bits per heavy atom. The lowest BCUT2D eigenvalue weighted by Gasteiger charge is -2.20. The maximum atomic E-state index is 13.4. The molecule has 4 rings (SSSR count). The predicted octanol–water partition coefficient (Wildman–Crippen LogP) is 4.35. The zero-order valence-electron chi connectivity index (χ0n) is 17.9. The SMILES string of the molecule is COc1cccc(CN(C)C(=O)c2cnn(-c3ccccc3C)c2C2CC2)c1OC. The number of hydrogen-bond acceptors (Lipinski definition) is 4. The first-order chi connectivity index (χ1) is 14.5. The molecule has 1 fully saturated rings. The normalized spacial score (nSPS) is 13.2. The first-order valence-electron chi connectivity index (χ1n) is 10.1. The third-order valence-electron chi connectivity index (χ3n) is 5.58. The van der Waals surface area contributed by atoms with E-state index < -0.39 is 0 Å². The van der Waals surface area contributed by atoms with E-state index >= 15 is 0 Å². The first kappa shape index (κ1) is 20.0. The minimum Gasteiger partial charge on any atom is -0.493 e. The van der Waals surface area contributed by atoms with Crippen LogP contribution in [0.5, 0.6) is 11.5 Å². The van der Waals surface area contributed by atoms with Crippen molar-refractivity contribution < 1.29 is 14.3 Å². The average molecular weight is 405 g/mol. The largest absolute Gasteiger partial charge is 0.493 e. The summed E-state index contributed by atoms with van der Waals surface area (Å²) in [7, 11) is 5.03. The highest BCUT2D eigenvalue weighted by Crippen LogP contribution is 2.43. The molecule has 6 nitrogen and oxygen atoms in total. The van der Waals surface area contributed by atoms with Gasteiger partial charge < -0.3 is 14.4 Å². The summed E-state index contributed by atoms with van der Waals surface area (Å²) in [5.41, 5.74) is 4.74. The maximum Gasteiger partial charge on any atom is 0.257 e. The summed E-state index contributed by atoms with van der Waals surface area (Å²) in [6.07, 6.45) is 3.89. The van der Waals surface area contributed by atoms with Crippen molar-refractivity contribution >= 4 is 5.91 Å². The molecule has 1 aliphatic rings. The summed E-state index contributed by atoms with van der Waals surface area (Å²) in [5, 5.41) is 4.60. The molecule has 30 heavy (non-hydrogen) atoms. The zero-order chi connectivity index (χ0) is 21.3. The monoisotopic (exact) mass is 405 g/mol. The molecule has 1 aliphatic carbocycles. The number of amides is 1. The van der Waals surface area contributed by atoms with Gasteiger partial charge in [0, 0.05) is 25.1 Å². The molecule has 2 aromatic carbocycles. The highest BCUT2D eigenvalue weighted by Gasteiger charge is 2.34. The molecular weight excluding hydrogens is 378 g/mol. The van der Waals surface area contributed by atoms with Crippen molar-refractivity contribution in [1.82, 2.24) is 14.7 Å². The Hall–Kier alpha value is -3.28. The Bertz CT molecular complexity index is 1070. The molecule has 3 aromatic rings. The van der Waals surface area contributed by atoms with Crippen molar-refractivity contribution in [2.45, 2.75) is 32.2 Å². The average Bonchev–Trinajstić information content (AvgIpc) is 3.51. The molecule has 0 atom stereocenters. The van der Waals surface area contributed by atoms with Gasteiger partial charge in [-0.15, -0.1) is 0 Å². The summed E-state index contributed by atoms with van der Waals surface area (Å²) in [4.78, 5) is 15.1. The number of ether oxygens (including phenoxy) is 2. The zero-order valence-corrected chi connectivity index (χ0v) is 17.9. The van der Waals surface area contributed by atoms with Crippen molar-refractivity contribution in [3.8, 4) is 17.2 Å². The molecule has 0 radical (unpaired) electrons. The van der Waals surface area contributed by atoms with Gasteiger partial charge in [0.1, 0.15) is 0 Å². The molecule has 0 saturated heterocycles. The fraction of sp³-hybridized carbons (Fsp3) is 0.333. The van der Waals surface area contributed by atoms with Gasteiger partial charge in [-0.3, -0.25) is 4.79 Å². The van der Waals surface area contributed by atoms with Crippen molar-refractivity contribution in [2.24, 2.45) is 0 Å². The lowest BCUT2D eigenvalue weighted by atomic mass is 10.1. The van der Waals surface area contributed by atoms with Crippen LogP contribution in [0.2, 0.25) is 0 Å². The predicted molar refractivity (Wildman–Crippen MR) is 116 cm³/mol. The van der Waals surface area contributed by atoms with E-state index in [1.807, 2.05) is 48.1 Å². The number of carbonyl (C=O) groups excluding carboxylic acids is 1. The van der Waals surface area contributed by atoms with E-state index in [1.165, 1.54) is 0 Å². The molecule has 0 N–H and O–H groups in total. The van der Waals surface area contributed by atoms with E-state index in [2.05, 4.69) is 18.1 Å². The van der Waals surface area contributed by atoms with Crippen molar-refractivity contribution in [3.63, 3.8) is 0 Å². The van der Waals surface area contributed by atoms with E-state index in [9.17, 15) is 4.79 Å². The van der Waals surface area contributed by atoms with Crippen LogP contribution in [0.25, 0.3) is 5.69 Å². The lowest BCUT2D eigenvalue weighted by Crippen LogP contribution is -2.27. The second kappa shape index (κ2) is 8.22. The van der Waals surface area contributed by atoms with Gasteiger partial charge in [-0.1, -0.05) is 30.3 Å². The van der Waals surface area contributed by atoms with Crippen molar-refractivity contribution in [2.75, 3.05) is 21.3 Å². The number of carbonyl (C=O) groups is 1. The standard InChI is InChI=1S/C24H27N3O3/c1-16-8-5-6-10-20(16)27-22(17-12-13-17)19(14-25-27)24(28)26(2)15-18-9-7-11-21(29-3)23(18)30-4/h5-11,14,17H,12-13,15H2,1-4H3. The Kier molecular flexibility index (Phi) is 5.48. The Morgan fingerprint density at radius 2 is 1.90 bits per heavy atom. The molecule has 1 saturated carbocycles. The summed E-state index contributed by atoms with van der Waals surface area (Å²) in [5.74, 6) is 1.65. The van der Waals surface area contributed by atoms with Crippen LogP contribution in [0, 0.1) is 6.92 Å². The molecule has 6 heteroatoms. The van der Waals surface area contributed by atoms with Gasteiger partial charge in [0.25, 0.3) is 5.91 Å². The minimum atomic E-state index is -0.0402. The van der Waals surface area contributed by atoms with Gasteiger partial charge in [-0.25, -0.2) is 4.68 Å². The van der Waals surface area contributed by atoms with Crippen LogP contribution < -0.4 is 9.47 Å². The highest BCUT2D eigenvalue weighted by atomic mass is 16.5. The molecule has 1 heterocycles. The number of benzene rings is 2. The topological polar surface area (TPSA) is 56.6 Å². The summed E-state index contributed by atoms with van der Waals surface area (Å²) in [6, 6.07) is 13.8. The number of aromatic nitrogens is 2. The third kappa shape index (κ3) is 3.65. The first-order valence-corrected chi connectivity index (χ1v) is 10.1. The van der Waals surface area contributed by atoms with Gasteiger partial charge in [0.05, 0.1) is 37.4 Å². The second-order valence-electron chi connectivity index (χ2n) is 7.73. The van der Waals surface area contributed by atoms with Crippen LogP contribution >= 0.6 is 0 Å². The fourth-order valence-corrected chi connectivity index (χ4v) is 3.88. The third-order valence-corrected chi connectivity index (χ3v) is 5.58. The van der Waals surface area contributed by atoms with Gasteiger partial charge in [0.15, 0.2) is 11.5 Å². The van der Waals surface area contributed by atoms with E-state index in [0.717, 1.165) is 35.3 Å². The molecular formula is C24H27N3O3. The highest BCUT2D eigenvalue weighted by molar-refractivity contribution is 5.95. The van der Waals surface area contributed by atoms with Crippen molar-refractivity contribution in [1.29, 1.82) is 0 Å². The van der Waals surface area contributed by atoms with Gasteiger partial charge in [-0.2, -0.15) is 5.10 Å². The number of methoxy groups -OCH3 is 2. The molecule has 1 aromatic heterocycles. The lowest BCUT2D eigenvalue weighted by molar-refractivity contribution is 0.0782. The van der Waals surface area contributed by atoms with E-state index in [0.29, 0.717) is 29.5 Å². The molecule has 0 aliphatic heterocycles. The van der Waals surface area contributed by atoms with Crippen LogP contribution in [-0.2, 0) is 6.54 Å². The second-order valence-corrected chi connectivity index (χ2v) is 7.73. The smallest absolute Gasteiger partial charge is 0.257 e. The minimum absolute atomic E-state index is 0.0402. The van der Waals surface area contributed by atoms with Crippen molar-refractivity contribution in [3.05, 3.63) is 71.0 Å². The Morgan fingerprint density at radius 1 is 1.13 bits per heavy atom. The van der Waals surface area contributed by atoms with Gasteiger partial charge in [0.2, 0.25) is 0 Å². The number of para-hydroxylation sites is 2. The summed E-state index contributed by atoms with van der Waals surface area (Å²) in [6.45, 7) is 2.48. The molecule has 0 spiro atoms. The maximum absolute atomic E-state index is 13.4. The van der Waals surface area contributed by atoms with Crippen LogP contribution in [-0.4, -0.2) is 41.9 Å². The quantitative estimate of drug-likeness (QED) is 0.586. The number of nitrogens with zero attached hydrogens (tertiary/aromatic N) is 3. The van der Waals surface area contributed by atoms with Crippen LogP contribution in [0.4, 0.5) is 0 Å². The fourth-order valence-electron chi connectivity index (χ4n) is 3.88. The van der Waals surface area contributed by atoms with E-state index in [4.69, 9.17) is 9.47 Å². The van der Waals surface area contributed by atoms with Crippen LogP contribution in [0.3, 0.4) is 0 Å². The molecule has 1 amide bonds. The van der Waals surface area contributed by atoms with Crippen LogP contribution in [0.1, 0.15) is 45.9 Å². The summed E-state index contributed by atoms with van der Waals surface area (Å²) < 4.78 is 12.9. The number of aryl methyl sites for hydroxylation is 1. The molecule has 0 bridgehead atoms. The van der Waals surface area contributed by atoms with E-state index in [1.54, 1.807) is 25.3 Å². The molecule has 0 unspecified atom stereocenters.